The second kappa shape index (κ2) is 7.07. The zero-order chi connectivity index (χ0) is 13.7. The van der Waals surface area contributed by atoms with Gasteiger partial charge in [0.15, 0.2) is 0 Å². The quantitative estimate of drug-likeness (QED) is 0.798. The van der Waals surface area contributed by atoms with Crippen LogP contribution in [0.25, 0.3) is 0 Å². The van der Waals surface area contributed by atoms with Crippen LogP contribution in [0.3, 0.4) is 0 Å². The lowest BCUT2D eigenvalue weighted by molar-refractivity contribution is 0.0250. The second-order valence-electron chi connectivity index (χ2n) is 5.49. The molecule has 1 fully saturated rings. The minimum absolute atomic E-state index is 0.518. The molecule has 4 heteroatoms. The first-order valence-corrected chi connectivity index (χ1v) is 8.13. The average Bonchev–Trinajstić information content (AvgIpc) is 2.59. The Morgan fingerprint density at radius 2 is 1.89 bits per heavy atom. The summed E-state index contributed by atoms with van der Waals surface area (Å²) in [6.07, 6.45) is 6.63. The Kier molecular flexibility index (Phi) is 5.70. The zero-order valence-corrected chi connectivity index (χ0v) is 13.4. The first-order chi connectivity index (χ1) is 9.09. The lowest BCUT2D eigenvalue weighted by Crippen LogP contribution is -2.39. The number of rotatable bonds is 4. The van der Waals surface area contributed by atoms with Crippen molar-refractivity contribution in [2.75, 3.05) is 6.54 Å². The molecule has 19 heavy (non-hydrogen) atoms. The van der Waals surface area contributed by atoms with E-state index in [0.717, 1.165) is 47.3 Å². The maximum absolute atomic E-state index is 10.5. The highest BCUT2D eigenvalue weighted by Gasteiger charge is 2.27. The van der Waals surface area contributed by atoms with Gasteiger partial charge in [-0.1, -0.05) is 43.4 Å². The third-order valence-corrected chi connectivity index (χ3v) is 5.03. The molecule has 1 aliphatic rings. The van der Waals surface area contributed by atoms with E-state index in [1.165, 1.54) is 12.8 Å². The maximum atomic E-state index is 10.5. The SMILES string of the molecule is OC1(CNCc2ccc(Br)c(Cl)c2)CCCCCC1. The van der Waals surface area contributed by atoms with Gasteiger partial charge in [-0.2, -0.15) is 0 Å². The molecule has 2 rings (SSSR count). The summed E-state index contributed by atoms with van der Waals surface area (Å²) in [5.74, 6) is 0. The molecule has 0 saturated heterocycles. The molecule has 2 nitrogen and oxygen atoms in total. The van der Waals surface area contributed by atoms with Crippen molar-refractivity contribution < 1.29 is 5.11 Å². The Bertz CT molecular complexity index is 417. The summed E-state index contributed by atoms with van der Waals surface area (Å²) in [5.41, 5.74) is 0.626. The molecule has 1 aromatic rings. The molecule has 1 aliphatic carbocycles. The summed E-state index contributed by atoms with van der Waals surface area (Å²) < 4.78 is 0.917. The van der Waals surface area contributed by atoms with E-state index >= 15 is 0 Å². The molecular formula is C15H21BrClNO. The highest BCUT2D eigenvalue weighted by molar-refractivity contribution is 9.10. The Morgan fingerprint density at radius 1 is 1.21 bits per heavy atom. The van der Waals surface area contributed by atoms with Crippen LogP contribution in [-0.4, -0.2) is 17.3 Å². The minimum Gasteiger partial charge on any atom is -0.389 e. The molecule has 0 amide bonds. The topological polar surface area (TPSA) is 32.3 Å². The highest BCUT2D eigenvalue weighted by Crippen LogP contribution is 2.27. The van der Waals surface area contributed by atoms with Gasteiger partial charge in [0.25, 0.3) is 0 Å². The van der Waals surface area contributed by atoms with Gasteiger partial charge in [-0.05, 0) is 46.5 Å². The molecule has 0 spiro atoms. The average molecular weight is 347 g/mol. The normalized spacial score (nSPS) is 19.1. The summed E-state index contributed by atoms with van der Waals surface area (Å²) in [5, 5.41) is 14.6. The first-order valence-electron chi connectivity index (χ1n) is 6.96. The van der Waals surface area contributed by atoms with E-state index in [4.69, 9.17) is 11.6 Å². The molecule has 0 unspecified atom stereocenters. The first kappa shape index (κ1) is 15.3. The zero-order valence-electron chi connectivity index (χ0n) is 11.1. The Morgan fingerprint density at radius 3 is 2.53 bits per heavy atom. The fourth-order valence-electron chi connectivity index (χ4n) is 2.65. The Balaban J connectivity index is 1.83. The molecule has 2 N–H and O–H groups in total. The second-order valence-corrected chi connectivity index (χ2v) is 6.75. The molecule has 0 heterocycles. The highest BCUT2D eigenvalue weighted by atomic mass is 79.9. The van der Waals surface area contributed by atoms with Gasteiger partial charge in [0.2, 0.25) is 0 Å². The van der Waals surface area contributed by atoms with E-state index in [9.17, 15) is 5.11 Å². The van der Waals surface area contributed by atoms with Crippen molar-refractivity contribution in [1.29, 1.82) is 0 Å². The van der Waals surface area contributed by atoms with Crippen LogP contribution in [0.5, 0.6) is 0 Å². The smallest absolute Gasteiger partial charge is 0.0771 e. The number of benzene rings is 1. The predicted molar refractivity (Wildman–Crippen MR) is 83.5 cm³/mol. The number of halogens is 2. The van der Waals surface area contributed by atoms with Crippen molar-refractivity contribution in [3.05, 3.63) is 33.3 Å². The van der Waals surface area contributed by atoms with E-state index in [1.807, 2.05) is 18.2 Å². The monoisotopic (exact) mass is 345 g/mol. The fourth-order valence-corrected chi connectivity index (χ4v) is 3.10. The molecule has 106 valence electrons. The van der Waals surface area contributed by atoms with Gasteiger partial charge < -0.3 is 10.4 Å². The summed E-state index contributed by atoms with van der Waals surface area (Å²) in [7, 11) is 0. The summed E-state index contributed by atoms with van der Waals surface area (Å²) in [6.45, 7) is 1.41. The third-order valence-electron chi connectivity index (χ3n) is 3.80. The summed E-state index contributed by atoms with van der Waals surface area (Å²) >= 11 is 9.45. The Labute approximate surface area is 128 Å². The van der Waals surface area contributed by atoms with Crippen LogP contribution in [0.2, 0.25) is 5.02 Å². The molecule has 0 aliphatic heterocycles. The van der Waals surface area contributed by atoms with Crippen LogP contribution in [0, 0.1) is 0 Å². The van der Waals surface area contributed by atoms with Crippen molar-refractivity contribution in [1.82, 2.24) is 5.32 Å². The summed E-state index contributed by atoms with van der Waals surface area (Å²) in [6, 6.07) is 5.95. The van der Waals surface area contributed by atoms with Crippen molar-refractivity contribution >= 4 is 27.5 Å². The lowest BCUT2D eigenvalue weighted by atomic mass is 9.94. The van der Waals surface area contributed by atoms with Crippen LogP contribution in [-0.2, 0) is 6.54 Å². The van der Waals surface area contributed by atoms with Gasteiger partial charge in [0.05, 0.1) is 10.6 Å². The molecule has 0 radical (unpaired) electrons. The summed E-state index contributed by atoms with van der Waals surface area (Å²) in [4.78, 5) is 0. The van der Waals surface area contributed by atoms with Crippen LogP contribution in [0.1, 0.15) is 44.1 Å². The fraction of sp³-hybridized carbons (Fsp3) is 0.600. The van der Waals surface area contributed by atoms with Gasteiger partial charge in [-0.3, -0.25) is 0 Å². The minimum atomic E-state index is -0.518. The standard InChI is InChI=1S/C15H21BrClNO/c16-13-6-5-12(9-14(13)17)10-18-11-15(19)7-3-1-2-4-8-15/h5-6,9,18-19H,1-4,7-8,10-11H2. The molecule has 0 bridgehead atoms. The number of aliphatic hydroxyl groups is 1. The number of hydrogen-bond acceptors (Lipinski definition) is 2. The van der Waals surface area contributed by atoms with Crippen molar-refractivity contribution in [3.8, 4) is 0 Å². The van der Waals surface area contributed by atoms with Gasteiger partial charge in [-0.15, -0.1) is 0 Å². The van der Waals surface area contributed by atoms with Crippen molar-refractivity contribution in [2.24, 2.45) is 0 Å². The van der Waals surface area contributed by atoms with E-state index in [1.54, 1.807) is 0 Å². The molecule has 1 aromatic carbocycles. The van der Waals surface area contributed by atoms with E-state index in [2.05, 4.69) is 21.2 Å². The maximum Gasteiger partial charge on any atom is 0.0771 e. The van der Waals surface area contributed by atoms with E-state index in [-0.39, 0.29) is 0 Å². The van der Waals surface area contributed by atoms with Crippen LogP contribution < -0.4 is 5.32 Å². The van der Waals surface area contributed by atoms with Crippen LogP contribution in [0.4, 0.5) is 0 Å². The molecule has 0 aromatic heterocycles. The third kappa shape index (κ3) is 4.75. The van der Waals surface area contributed by atoms with Crippen molar-refractivity contribution in [3.63, 3.8) is 0 Å². The Hall–Kier alpha value is -0.0900. The van der Waals surface area contributed by atoms with Crippen molar-refractivity contribution in [2.45, 2.75) is 50.7 Å². The van der Waals surface area contributed by atoms with Crippen LogP contribution in [0.15, 0.2) is 22.7 Å². The van der Waals surface area contributed by atoms with Crippen LogP contribution >= 0.6 is 27.5 Å². The van der Waals surface area contributed by atoms with Gasteiger partial charge >= 0.3 is 0 Å². The number of nitrogens with one attached hydrogen (secondary N) is 1. The van der Waals surface area contributed by atoms with Gasteiger partial charge in [0, 0.05) is 17.6 Å². The predicted octanol–water partition coefficient (Wildman–Crippen LogP) is 4.28. The van der Waals surface area contributed by atoms with Gasteiger partial charge in [-0.25, -0.2) is 0 Å². The van der Waals surface area contributed by atoms with Gasteiger partial charge in [0.1, 0.15) is 0 Å². The van der Waals surface area contributed by atoms with E-state index in [0.29, 0.717) is 6.54 Å². The molecule has 0 atom stereocenters. The molecular weight excluding hydrogens is 326 g/mol. The lowest BCUT2D eigenvalue weighted by Gasteiger charge is -2.27. The van der Waals surface area contributed by atoms with E-state index < -0.39 is 5.60 Å². The number of hydrogen-bond donors (Lipinski definition) is 2. The largest absolute Gasteiger partial charge is 0.389 e. The molecule has 1 saturated carbocycles.